The molecule has 0 radical (unpaired) electrons. The summed E-state index contributed by atoms with van der Waals surface area (Å²) in [6.45, 7) is 1.12. The molecule has 1 aliphatic rings. The summed E-state index contributed by atoms with van der Waals surface area (Å²) < 4.78 is 5.51. The lowest BCUT2D eigenvalue weighted by atomic mass is 10.1. The molecule has 26 heavy (non-hydrogen) atoms. The molecule has 1 aliphatic heterocycles. The number of ether oxygens (including phenoxy) is 1. The van der Waals surface area contributed by atoms with Gasteiger partial charge in [-0.25, -0.2) is 0 Å². The zero-order chi connectivity index (χ0) is 18.5. The topological polar surface area (TPSA) is 58.6 Å². The molecule has 0 saturated carbocycles. The molecule has 136 valence electrons. The first-order chi connectivity index (χ1) is 12.5. The van der Waals surface area contributed by atoms with Crippen molar-refractivity contribution in [2.45, 2.75) is 13.0 Å². The molecule has 1 N–H and O–H groups in total. The summed E-state index contributed by atoms with van der Waals surface area (Å²) in [4.78, 5) is 26.0. The summed E-state index contributed by atoms with van der Waals surface area (Å²) >= 11 is 12.1. The van der Waals surface area contributed by atoms with Crippen LogP contribution in [0.25, 0.3) is 0 Å². The van der Waals surface area contributed by atoms with Gasteiger partial charge in [0.15, 0.2) is 6.61 Å². The first kappa shape index (κ1) is 18.5. The molecular formula is C19H18Cl2N2O3. The van der Waals surface area contributed by atoms with Gasteiger partial charge in [-0.15, -0.1) is 0 Å². The first-order valence-corrected chi connectivity index (χ1v) is 8.97. The lowest BCUT2D eigenvalue weighted by molar-refractivity contribution is -0.133. The predicted octanol–water partition coefficient (Wildman–Crippen LogP) is 3.07. The van der Waals surface area contributed by atoms with Crippen molar-refractivity contribution < 1.29 is 14.3 Å². The van der Waals surface area contributed by atoms with Crippen molar-refractivity contribution in [1.82, 2.24) is 10.2 Å². The minimum Gasteiger partial charge on any atom is -0.483 e. The number of hydrogen-bond donors (Lipinski definition) is 1. The highest BCUT2D eigenvalue weighted by Gasteiger charge is 2.21. The van der Waals surface area contributed by atoms with E-state index in [0.717, 1.165) is 11.1 Å². The van der Waals surface area contributed by atoms with E-state index < -0.39 is 0 Å². The Labute approximate surface area is 161 Å². The van der Waals surface area contributed by atoms with E-state index in [4.69, 9.17) is 27.9 Å². The standard InChI is InChI=1S/C19H18Cl2N2O3/c20-15-5-6-17-14(9-15)11-23(19(25)12-26-17)8-7-22-18(24)10-13-3-1-2-4-16(13)21/h1-6,9H,7-8,10-12H2,(H,22,24). The van der Waals surface area contributed by atoms with Gasteiger partial charge < -0.3 is 15.0 Å². The number of rotatable bonds is 5. The second kappa shape index (κ2) is 8.43. The first-order valence-electron chi connectivity index (χ1n) is 8.22. The monoisotopic (exact) mass is 392 g/mol. The van der Waals surface area contributed by atoms with Crippen LogP contribution in [0, 0.1) is 0 Å². The molecule has 0 saturated heterocycles. The Hall–Kier alpha value is -2.24. The molecule has 0 atom stereocenters. The van der Waals surface area contributed by atoms with Gasteiger partial charge in [0, 0.05) is 35.2 Å². The Morgan fingerprint density at radius 3 is 2.81 bits per heavy atom. The Kier molecular flexibility index (Phi) is 6.01. The van der Waals surface area contributed by atoms with Crippen molar-refractivity contribution in [3.05, 3.63) is 63.6 Å². The van der Waals surface area contributed by atoms with Crippen LogP contribution in [0.5, 0.6) is 5.75 Å². The van der Waals surface area contributed by atoms with Gasteiger partial charge in [-0.1, -0.05) is 41.4 Å². The number of carbonyl (C=O) groups excluding carboxylic acids is 2. The van der Waals surface area contributed by atoms with Crippen LogP contribution in [-0.4, -0.2) is 36.4 Å². The van der Waals surface area contributed by atoms with Crippen molar-refractivity contribution in [2.75, 3.05) is 19.7 Å². The van der Waals surface area contributed by atoms with Crippen LogP contribution in [0.4, 0.5) is 0 Å². The van der Waals surface area contributed by atoms with E-state index in [1.54, 1.807) is 29.2 Å². The third kappa shape index (κ3) is 4.68. The number of nitrogens with zero attached hydrogens (tertiary/aromatic N) is 1. The van der Waals surface area contributed by atoms with Crippen LogP contribution in [0.15, 0.2) is 42.5 Å². The van der Waals surface area contributed by atoms with Crippen molar-refractivity contribution in [1.29, 1.82) is 0 Å². The predicted molar refractivity (Wildman–Crippen MR) is 101 cm³/mol. The molecule has 7 heteroatoms. The van der Waals surface area contributed by atoms with Gasteiger partial charge in [0.05, 0.1) is 6.42 Å². The quantitative estimate of drug-likeness (QED) is 0.850. The molecule has 0 bridgehead atoms. The van der Waals surface area contributed by atoms with E-state index in [2.05, 4.69) is 5.32 Å². The van der Waals surface area contributed by atoms with Crippen LogP contribution in [-0.2, 0) is 22.6 Å². The smallest absolute Gasteiger partial charge is 0.260 e. The molecule has 1 heterocycles. The van der Waals surface area contributed by atoms with E-state index >= 15 is 0 Å². The zero-order valence-corrected chi connectivity index (χ0v) is 15.5. The van der Waals surface area contributed by atoms with Gasteiger partial charge in [-0.05, 0) is 29.8 Å². The number of hydrogen-bond acceptors (Lipinski definition) is 3. The third-order valence-corrected chi connectivity index (χ3v) is 4.70. The number of fused-ring (bicyclic) bond motifs is 1. The largest absolute Gasteiger partial charge is 0.483 e. The Balaban J connectivity index is 1.54. The zero-order valence-electron chi connectivity index (χ0n) is 14.0. The summed E-state index contributed by atoms with van der Waals surface area (Å²) in [5.41, 5.74) is 1.63. The summed E-state index contributed by atoms with van der Waals surface area (Å²) in [6.07, 6.45) is 0.204. The summed E-state index contributed by atoms with van der Waals surface area (Å²) in [7, 11) is 0. The van der Waals surface area contributed by atoms with Crippen LogP contribution in [0.1, 0.15) is 11.1 Å². The average molecular weight is 393 g/mol. The molecule has 2 aromatic rings. The van der Waals surface area contributed by atoms with Crippen molar-refractivity contribution >= 4 is 35.0 Å². The van der Waals surface area contributed by atoms with E-state index in [-0.39, 0.29) is 24.8 Å². The van der Waals surface area contributed by atoms with Crippen LogP contribution in [0.2, 0.25) is 10.0 Å². The van der Waals surface area contributed by atoms with Gasteiger partial charge in [0.25, 0.3) is 5.91 Å². The molecule has 0 aliphatic carbocycles. The van der Waals surface area contributed by atoms with E-state index in [0.29, 0.717) is 35.4 Å². The average Bonchev–Trinajstić information content (AvgIpc) is 2.76. The van der Waals surface area contributed by atoms with Crippen molar-refractivity contribution in [2.24, 2.45) is 0 Å². The second-order valence-electron chi connectivity index (χ2n) is 5.97. The lowest BCUT2D eigenvalue weighted by Gasteiger charge is -2.20. The van der Waals surface area contributed by atoms with Gasteiger partial charge in [-0.2, -0.15) is 0 Å². The fourth-order valence-corrected chi connectivity index (χ4v) is 3.15. The fourth-order valence-electron chi connectivity index (χ4n) is 2.75. The summed E-state index contributed by atoms with van der Waals surface area (Å²) in [6, 6.07) is 12.5. The highest BCUT2D eigenvalue weighted by Crippen LogP contribution is 2.26. The maximum atomic E-state index is 12.2. The minimum atomic E-state index is -0.139. The van der Waals surface area contributed by atoms with Crippen LogP contribution in [0.3, 0.4) is 0 Å². The molecule has 0 unspecified atom stereocenters. The molecule has 2 aromatic carbocycles. The molecule has 5 nitrogen and oxygen atoms in total. The van der Waals surface area contributed by atoms with E-state index in [1.807, 2.05) is 18.2 Å². The summed E-state index contributed by atoms with van der Waals surface area (Å²) in [5, 5.41) is 3.98. The van der Waals surface area contributed by atoms with Crippen molar-refractivity contribution in [3.8, 4) is 5.75 Å². The number of nitrogens with one attached hydrogen (secondary N) is 1. The third-order valence-electron chi connectivity index (χ3n) is 4.10. The number of benzene rings is 2. The summed E-state index contributed by atoms with van der Waals surface area (Å²) in [5.74, 6) is 0.394. The SMILES string of the molecule is O=C(Cc1ccccc1Cl)NCCN1Cc2cc(Cl)ccc2OCC1=O. The number of halogens is 2. The van der Waals surface area contributed by atoms with Gasteiger partial charge >= 0.3 is 0 Å². The molecular weight excluding hydrogens is 375 g/mol. The highest BCUT2D eigenvalue weighted by molar-refractivity contribution is 6.31. The maximum Gasteiger partial charge on any atom is 0.260 e. The molecule has 2 amide bonds. The highest BCUT2D eigenvalue weighted by atomic mass is 35.5. The number of amides is 2. The molecule has 0 spiro atoms. The normalized spacial score (nSPS) is 13.6. The minimum absolute atomic E-state index is 0.0256. The number of carbonyl (C=O) groups is 2. The fraction of sp³-hybridized carbons (Fsp3) is 0.263. The van der Waals surface area contributed by atoms with Gasteiger partial charge in [0.2, 0.25) is 5.91 Å². The van der Waals surface area contributed by atoms with E-state index in [1.165, 1.54) is 0 Å². The maximum absolute atomic E-state index is 12.2. The molecule has 0 aromatic heterocycles. The van der Waals surface area contributed by atoms with Gasteiger partial charge in [0.1, 0.15) is 5.75 Å². The Bertz CT molecular complexity index is 826. The Morgan fingerprint density at radius 2 is 2.00 bits per heavy atom. The molecule has 0 fully saturated rings. The lowest BCUT2D eigenvalue weighted by Crippen LogP contribution is -2.39. The second-order valence-corrected chi connectivity index (χ2v) is 6.82. The molecule has 3 rings (SSSR count). The van der Waals surface area contributed by atoms with Crippen LogP contribution < -0.4 is 10.1 Å². The van der Waals surface area contributed by atoms with Crippen LogP contribution >= 0.6 is 23.2 Å². The van der Waals surface area contributed by atoms with Crippen molar-refractivity contribution in [3.63, 3.8) is 0 Å². The van der Waals surface area contributed by atoms with Gasteiger partial charge in [-0.3, -0.25) is 9.59 Å². The van der Waals surface area contributed by atoms with E-state index in [9.17, 15) is 9.59 Å². The Morgan fingerprint density at radius 1 is 1.19 bits per heavy atom.